The number of hydrogen-bond acceptors (Lipinski definition) is 4. The van der Waals surface area contributed by atoms with E-state index in [1.807, 2.05) is 17.0 Å². The van der Waals surface area contributed by atoms with Crippen molar-refractivity contribution in [3.8, 4) is 0 Å². The number of halogens is 2. The minimum absolute atomic E-state index is 0.0322. The van der Waals surface area contributed by atoms with E-state index >= 15 is 0 Å². The van der Waals surface area contributed by atoms with Gasteiger partial charge in [0.05, 0.1) is 6.54 Å². The van der Waals surface area contributed by atoms with E-state index in [1.54, 1.807) is 24.3 Å². The SMILES string of the molecule is O=C(CN(Cc1ccc(Br)cc1)c1nnc2n1CCCCC2)c1ccc(Cl)cc1. The summed E-state index contributed by atoms with van der Waals surface area (Å²) in [6, 6.07) is 15.2. The monoisotopic (exact) mass is 472 g/mol. The van der Waals surface area contributed by atoms with Crippen LogP contribution in [0.3, 0.4) is 0 Å². The van der Waals surface area contributed by atoms with Gasteiger partial charge in [0, 0.05) is 34.6 Å². The van der Waals surface area contributed by atoms with Crippen molar-refractivity contribution >= 4 is 39.3 Å². The smallest absolute Gasteiger partial charge is 0.227 e. The van der Waals surface area contributed by atoms with Crippen molar-refractivity contribution in [3.63, 3.8) is 0 Å². The second kappa shape index (κ2) is 9.09. The van der Waals surface area contributed by atoms with Crippen LogP contribution in [-0.4, -0.2) is 27.1 Å². The average molecular weight is 474 g/mol. The van der Waals surface area contributed by atoms with Gasteiger partial charge in [0.2, 0.25) is 5.95 Å². The summed E-state index contributed by atoms with van der Waals surface area (Å²) in [6.07, 6.45) is 4.37. The Morgan fingerprint density at radius 2 is 1.79 bits per heavy atom. The zero-order chi connectivity index (χ0) is 20.2. The Labute approximate surface area is 183 Å². The third-order valence-corrected chi connectivity index (χ3v) is 5.94. The fraction of sp³-hybridized carbons (Fsp3) is 0.318. The van der Waals surface area contributed by atoms with Gasteiger partial charge in [-0.25, -0.2) is 0 Å². The molecule has 150 valence electrons. The van der Waals surface area contributed by atoms with E-state index in [0.29, 0.717) is 17.1 Å². The van der Waals surface area contributed by atoms with Gasteiger partial charge in [0.1, 0.15) is 5.82 Å². The Balaban J connectivity index is 1.63. The van der Waals surface area contributed by atoms with Gasteiger partial charge in [0.15, 0.2) is 5.78 Å². The summed E-state index contributed by atoms with van der Waals surface area (Å²) in [5.74, 6) is 1.81. The summed E-state index contributed by atoms with van der Waals surface area (Å²) in [6.45, 7) is 1.71. The molecule has 1 aliphatic heterocycles. The van der Waals surface area contributed by atoms with Crippen LogP contribution in [0.15, 0.2) is 53.0 Å². The first-order valence-corrected chi connectivity index (χ1v) is 11.0. The van der Waals surface area contributed by atoms with Crippen LogP contribution in [0.2, 0.25) is 5.02 Å². The van der Waals surface area contributed by atoms with Crippen molar-refractivity contribution in [2.24, 2.45) is 0 Å². The van der Waals surface area contributed by atoms with Crippen molar-refractivity contribution in [2.45, 2.75) is 38.8 Å². The molecule has 0 atom stereocenters. The number of fused-ring (bicyclic) bond motifs is 1. The van der Waals surface area contributed by atoms with Gasteiger partial charge in [-0.15, -0.1) is 10.2 Å². The third-order valence-electron chi connectivity index (χ3n) is 5.16. The summed E-state index contributed by atoms with van der Waals surface area (Å²) in [7, 11) is 0. The molecule has 0 aliphatic carbocycles. The van der Waals surface area contributed by atoms with E-state index in [2.05, 4.69) is 42.8 Å². The van der Waals surface area contributed by atoms with Gasteiger partial charge in [-0.05, 0) is 54.8 Å². The standard InChI is InChI=1S/C22H22BrClN4O/c23-18-9-5-16(6-10-18)14-27(15-20(29)17-7-11-19(24)12-8-17)22-26-25-21-4-2-1-3-13-28(21)22/h5-12H,1-4,13-15H2. The van der Waals surface area contributed by atoms with Crippen molar-refractivity contribution in [3.05, 3.63) is 75.0 Å². The molecule has 29 heavy (non-hydrogen) atoms. The van der Waals surface area contributed by atoms with Crippen LogP contribution in [0.1, 0.15) is 41.0 Å². The minimum Gasteiger partial charge on any atom is -0.329 e. The van der Waals surface area contributed by atoms with E-state index in [9.17, 15) is 4.79 Å². The molecule has 0 unspecified atom stereocenters. The maximum Gasteiger partial charge on any atom is 0.227 e. The molecule has 0 radical (unpaired) electrons. The first kappa shape index (κ1) is 20.1. The molecule has 3 aromatic rings. The van der Waals surface area contributed by atoms with E-state index in [0.717, 1.165) is 47.6 Å². The van der Waals surface area contributed by atoms with Crippen LogP contribution in [0, 0.1) is 0 Å². The van der Waals surface area contributed by atoms with Crippen LogP contribution in [0.5, 0.6) is 0 Å². The van der Waals surface area contributed by atoms with Gasteiger partial charge in [-0.3, -0.25) is 9.36 Å². The molecule has 5 nitrogen and oxygen atoms in total. The summed E-state index contributed by atoms with van der Waals surface area (Å²) >= 11 is 9.45. The van der Waals surface area contributed by atoms with E-state index in [4.69, 9.17) is 11.6 Å². The highest BCUT2D eigenvalue weighted by atomic mass is 79.9. The highest BCUT2D eigenvalue weighted by Crippen LogP contribution is 2.23. The fourth-order valence-electron chi connectivity index (χ4n) is 3.61. The van der Waals surface area contributed by atoms with E-state index < -0.39 is 0 Å². The number of ketones is 1. The number of rotatable bonds is 6. The molecule has 0 spiro atoms. The number of carbonyl (C=O) groups excluding carboxylic acids is 1. The quantitative estimate of drug-likeness (QED) is 0.455. The summed E-state index contributed by atoms with van der Waals surface area (Å²) < 4.78 is 3.21. The van der Waals surface area contributed by atoms with Crippen LogP contribution >= 0.6 is 27.5 Å². The molecule has 0 bridgehead atoms. The van der Waals surface area contributed by atoms with Gasteiger partial charge in [0.25, 0.3) is 0 Å². The lowest BCUT2D eigenvalue weighted by Gasteiger charge is -2.24. The molecule has 1 aliphatic rings. The molecule has 0 saturated carbocycles. The zero-order valence-electron chi connectivity index (χ0n) is 16.0. The van der Waals surface area contributed by atoms with Gasteiger partial charge in [-0.2, -0.15) is 0 Å². The van der Waals surface area contributed by atoms with Gasteiger partial charge >= 0.3 is 0 Å². The molecule has 1 aromatic heterocycles. The largest absolute Gasteiger partial charge is 0.329 e. The number of anilines is 1. The van der Waals surface area contributed by atoms with E-state index in [-0.39, 0.29) is 12.3 Å². The molecule has 0 saturated heterocycles. The molecule has 7 heteroatoms. The van der Waals surface area contributed by atoms with Crippen LogP contribution in [-0.2, 0) is 19.5 Å². The highest BCUT2D eigenvalue weighted by molar-refractivity contribution is 9.10. The maximum absolute atomic E-state index is 13.0. The number of aryl methyl sites for hydroxylation is 1. The number of nitrogens with zero attached hydrogens (tertiary/aromatic N) is 4. The summed E-state index contributed by atoms with van der Waals surface area (Å²) in [5.41, 5.74) is 1.76. The van der Waals surface area contributed by atoms with Crippen LogP contribution in [0.4, 0.5) is 5.95 Å². The Morgan fingerprint density at radius 3 is 2.55 bits per heavy atom. The molecule has 0 fully saturated rings. The normalized spacial score (nSPS) is 13.6. The maximum atomic E-state index is 13.0. The average Bonchev–Trinajstić information content (AvgIpc) is 2.97. The van der Waals surface area contributed by atoms with Crippen molar-refractivity contribution < 1.29 is 4.79 Å². The molecular weight excluding hydrogens is 452 g/mol. The summed E-state index contributed by atoms with van der Waals surface area (Å²) in [4.78, 5) is 15.0. The molecule has 2 heterocycles. The Kier molecular flexibility index (Phi) is 6.31. The molecule has 2 aromatic carbocycles. The van der Waals surface area contributed by atoms with Crippen molar-refractivity contribution in [1.29, 1.82) is 0 Å². The Bertz CT molecular complexity index is 985. The predicted molar refractivity (Wildman–Crippen MR) is 119 cm³/mol. The fourth-order valence-corrected chi connectivity index (χ4v) is 4.00. The third kappa shape index (κ3) is 4.87. The van der Waals surface area contributed by atoms with Crippen molar-refractivity contribution in [1.82, 2.24) is 14.8 Å². The lowest BCUT2D eigenvalue weighted by molar-refractivity contribution is 0.0998. The highest BCUT2D eigenvalue weighted by Gasteiger charge is 2.22. The topological polar surface area (TPSA) is 51.0 Å². The number of aromatic nitrogens is 3. The number of Topliss-reactive ketones (excluding diaryl/α,β-unsaturated/α-hetero) is 1. The molecule has 0 amide bonds. The molecule has 0 N–H and O–H groups in total. The predicted octanol–water partition coefficient (Wildman–Crippen LogP) is 5.31. The van der Waals surface area contributed by atoms with E-state index in [1.165, 1.54) is 6.42 Å². The second-order valence-electron chi connectivity index (χ2n) is 7.29. The number of benzene rings is 2. The minimum atomic E-state index is 0.0322. The van der Waals surface area contributed by atoms with Crippen LogP contribution < -0.4 is 4.90 Å². The lowest BCUT2D eigenvalue weighted by atomic mass is 10.1. The zero-order valence-corrected chi connectivity index (χ0v) is 18.4. The Morgan fingerprint density at radius 1 is 1.03 bits per heavy atom. The first-order valence-electron chi connectivity index (χ1n) is 9.80. The number of carbonyl (C=O) groups is 1. The number of hydrogen-bond donors (Lipinski definition) is 0. The Hall–Kier alpha value is -2.18. The first-order chi connectivity index (χ1) is 14.1. The van der Waals surface area contributed by atoms with Gasteiger partial charge in [-0.1, -0.05) is 46.1 Å². The lowest BCUT2D eigenvalue weighted by Crippen LogP contribution is -2.32. The summed E-state index contributed by atoms with van der Waals surface area (Å²) in [5, 5.41) is 9.51. The molecular formula is C22H22BrClN4O. The van der Waals surface area contributed by atoms with Crippen LogP contribution in [0.25, 0.3) is 0 Å². The second-order valence-corrected chi connectivity index (χ2v) is 8.64. The molecule has 4 rings (SSSR count). The van der Waals surface area contributed by atoms with Crippen molar-refractivity contribution in [2.75, 3.05) is 11.4 Å². The van der Waals surface area contributed by atoms with Gasteiger partial charge < -0.3 is 4.90 Å².